The molecule has 0 aliphatic heterocycles. The zero-order chi connectivity index (χ0) is 15.4. The van der Waals surface area contributed by atoms with Crippen LogP contribution in [0.25, 0.3) is 0 Å². The van der Waals surface area contributed by atoms with Crippen molar-refractivity contribution in [3.63, 3.8) is 0 Å². The summed E-state index contributed by atoms with van der Waals surface area (Å²) in [7, 11) is 0. The Labute approximate surface area is 128 Å². The lowest BCUT2D eigenvalue weighted by atomic mass is 9.84. The van der Waals surface area contributed by atoms with E-state index in [9.17, 15) is 14.7 Å². The van der Waals surface area contributed by atoms with E-state index in [2.05, 4.69) is 5.32 Å². The minimum absolute atomic E-state index is 0.117. The van der Waals surface area contributed by atoms with E-state index in [4.69, 9.17) is 17.3 Å². The number of primary amides is 1. The van der Waals surface area contributed by atoms with E-state index in [0.29, 0.717) is 5.69 Å². The number of carbonyl (C=O) groups excluding carboxylic acids is 1. The number of rotatable bonds is 5. The van der Waals surface area contributed by atoms with E-state index in [0.717, 1.165) is 25.7 Å². The second kappa shape index (κ2) is 6.80. The fourth-order valence-electron chi connectivity index (χ4n) is 2.83. The number of anilines is 1. The van der Waals surface area contributed by atoms with Crippen LogP contribution >= 0.6 is 11.6 Å². The van der Waals surface area contributed by atoms with Crippen molar-refractivity contribution in [1.82, 2.24) is 0 Å². The van der Waals surface area contributed by atoms with Gasteiger partial charge in [0.1, 0.15) is 6.04 Å². The summed E-state index contributed by atoms with van der Waals surface area (Å²) in [5.74, 6) is -1.35. The number of nitrogens with one attached hydrogen (secondary N) is 1. The van der Waals surface area contributed by atoms with Crippen LogP contribution in [0.5, 0.6) is 0 Å². The molecule has 1 fully saturated rings. The highest BCUT2D eigenvalue weighted by Crippen LogP contribution is 2.29. The molecule has 1 aliphatic rings. The van der Waals surface area contributed by atoms with E-state index in [-0.39, 0.29) is 16.5 Å². The fourth-order valence-corrected chi connectivity index (χ4v) is 3.11. The Balaban J connectivity index is 2.15. The topological polar surface area (TPSA) is 92.4 Å². The average molecular weight is 311 g/mol. The number of amides is 1. The number of halogens is 1. The van der Waals surface area contributed by atoms with Crippen LogP contribution in [0, 0.1) is 5.92 Å². The Kier molecular flexibility index (Phi) is 5.07. The fraction of sp³-hybridized carbons (Fsp3) is 0.467. The standard InChI is InChI=1S/C15H19ClN2O3/c16-12-8-10(6-7-11(12)14(17)19)18-13(15(20)21)9-4-2-1-3-5-9/h6-9,13,18H,1-5H2,(H2,17,19)(H,20,21). The molecule has 0 radical (unpaired) electrons. The average Bonchev–Trinajstić information content (AvgIpc) is 2.45. The normalized spacial score (nSPS) is 17.2. The highest BCUT2D eigenvalue weighted by molar-refractivity contribution is 6.34. The van der Waals surface area contributed by atoms with Gasteiger partial charge in [-0.25, -0.2) is 4.79 Å². The SMILES string of the molecule is NC(=O)c1ccc(NC(C(=O)O)C2CCCCC2)cc1Cl. The van der Waals surface area contributed by atoms with Gasteiger partial charge >= 0.3 is 5.97 Å². The van der Waals surface area contributed by atoms with Gasteiger partial charge in [0.15, 0.2) is 0 Å². The zero-order valence-electron chi connectivity index (χ0n) is 11.6. The lowest BCUT2D eigenvalue weighted by Gasteiger charge is -2.28. The quantitative estimate of drug-likeness (QED) is 0.779. The van der Waals surface area contributed by atoms with Crippen molar-refractivity contribution in [2.75, 3.05) is 5.32 Å². The van der Waals surface area contributed by atoms with Crippen molar-refractivity contribution in [1.29, 1.82) is 0 Å². The lowest BCUT2D eigenvalue weighted by molar-refractivity contribution is -0.139. The third-order valence-corrected chi connectivity index (χ3v) is 4.26. The summed E-state index contributed by atoms with van der Waals surface area (Å²) >= 11 is 5.98. The molecule has 0 bridgehead atoms. The third-order valence-electron chi connectivity index (χ3n) is 3.94. The molecular formula is C15H19ClN2O3. The summed E-state index contributed by atoms with van der Waals surface area (Å²) in [5, 5.41) is 12.7. The maximum atomic E-state index is 11.5. The van der Waals surface area contributed by atoms with E-state index in [1.165, 1.54) is 12.5 Å². The molecule has 6 heteroatoms. The molecule has 4 N–H and O–H groups in total. The molecule has 1 amide bonds. The van der Waals surface area contributed by atoms with Crippen LogP contribution in [0.15, 0.2) is 18.2 Å². The molecule has 21 heavy (non-hydrogen) atoms. The zero-order valence-corrected chi connectivity index (χ0v) is 12.4. The van der Waals surface area contributed by atoms with Crippen molar-refractivity contribution < 1.29 is 14.7 Å². The van der Waals surface area contributed by atoms with E-state index >= 15 is 0 Å². The van der Waals surface area contributed by atoms with Crippen LogP contribution < -0.4 is 11.1 Å². The Morgan fingerprint density at radius 2 is 1.95 bits per heavy atom. The molecule has 5 nitrogen and oxygen atoms in total. The summed E-state index contributed by atoms with van der Waals surface area (Å²) in [6, 6.07) is 4.04. The van der Waals surface area contributed by atoms with Crippen LogP contribution in [0.3, 0.4) is 0 Å². The molecule has 1 aliphatic carbocycles. The predicted molar refractivity (Wildman–Crippen MR) is 81.6 cm³/mol. The van der Waals surface area contributed by atoms with Gasteiger partial charge in [0, 0.05) is 5.69 Å². The number of carboxylic acids is 1. The first-order valence-corrected chi connectivity index (χ1v) is 7.45. The van der Waals surface area contributed by atoms with E-state index in [1.54, 1.807) is 12.1 Å². The Bertz CT molecular complexity index is 542. The smallest absolute Gasteiger partial charge is 0.326 e. The number of carboxylic acid groups (broad SMARTS) is 1. The van der Waals surface area contributed by atoms with Gasteiger partial charge < -0.3 is 16.2 Å². The Hall–Kier alpha value is -1.75. The number of carbonyl (C=O) groups is 2. The summed E-state index contributed by atoms with van der Waals surface area (Å²) in [6.07, 6.45) is 5.13. The summed E-state index contributed by atoms with van der Waals surface area (Å²) in [5.41, 5.74) is 6.01. The largest absolute Gasteiger partial charge is 0.480 e. The number of benzene rings is 1. The lowest BCUT2D eigenvalue weighted by Crippen LogP contribution is -2.38. The maximum absolute atomic E-state index is 11.5. The summed E-state index contributed by atoms with van der Waals surface area (Å²) in [6.45, 7) is 0. The van der Waals surface area contributed by atoms with E-state index in [1.807, 2.05) is 0 Å². The van der Waals surface area contributed by atoms with Crippen molar-refractivity contribution in [3.8, 4) is 0 Å². The third kappa shape index (κ3) is 3.88. The molecule has 0 heterocycles. The van der Waals surface area contributed by atoms with Crippen molar-refractivity contribution in [2.45, 2.75) is 38.1 Å². The molecule has 1 saturated carbocycles. The van der Waals surface area contributed by atoms with Gasteiger partial charge in [0.2, 0.25) is 5.91 Å². The van der Waals surface area contributed by atoms with Crippen molar-refractivity contribution >= 4 is 29.2 Å². The van der Waals surface area contributed by atoms with Crippen LogP contribution in [0.4, 0.5) is 5.69 Å². The number of hydrogen-bond donors (Lipinski definition) is 3. The second-order valence-corrected chi connectivity index (χ2v) is 5.82. The molecule has 0 saturated heterocycles. The van der Waals surface area contributed by atoms with Gasteiger partial charge in [0.05, 0.1) is 10.6 Å². The number of nitrogens with two attached hydrogens (primary N) is 1. The van der Waals surface area contributed by atoms with Crippen molar-refractivity contribution in [3.05, 3.63) is 28.8 Å². The minimum Gasteiger partial charge on any atom is -0.480 e. The second-order valence-electron chi connectivity index (χ2n) is 5.42. The van der Waals surface area contributed by atoms with Gasteiger partial charge in [-0.1, -0.05) is 30.9 Å². The summed E-state index contributed by atoms with van der Waals surface area (Å²) < 4.78 is 0. The van der Waals surface area contributed by atoms with E-state index < -0.39 is 17.9 Å². The first-order valence-electron chi connectivity index (χ1n) is 7.07. The van der Waals surface area contributed by atoms with Crippen LogP contribution in [0.1, 0.15) is 42.5 Å². The minimum atomic E-state index is -0.864. The molecule has 114 valence electrons. The summed E-state index contributed by atoms with van der Waals surface area (Å²) in [4.78, 5) is 22.6. The highest BCUT2D eigenvalue weighted by atomic mass is 35.5. The maximum Gasteiger partial charge on any atom is 0.326 e. The van der Waals surface area contributed by atoms with Crippen LogP contribution in [0.2, 0.25) is 5.02 Å². The highest BCUT2D eigenvalue weighted by Gasteiger charge is 2.29. The number of hydrogen-bond acceptors (Lipinski definition) is 3. The van der Waals surface area contributed by atoms with Crippen LogP contribution in [-0.4, -0.2) is 23.0 Å². The molecule has 1 unspecified atom stereocenters. The molecular weight excluding hydrogens is 292 g/mol. The first kappa shape index (κ1) is 15.6. The van der Waals surface area contributed by atoms with Crippen molar-refractivity contribution in [2.24, 2.45) is 11.7 Å². The molecule has 1 aromatic rings. The number of aliphatic carboxylic acids is 1. The molecule has 1 atom stereocenters. The predicted octanol–water partition coefficient (Wildman–Crippen LogP) is 2.88. The van der Waals surface area contributed by atoms with Gasteiger partial charge in [-0.3, -0.25) is 4.79 Å². The first-order chi connectivity index (χ1) is 9.99. The Morgan fingerprint density at radius 1 is 1.29 bits per heavy atom. The Morgan fingerprint density at radius 3 is 2.48 bits per heavy atom. The van der Waals surface area contributed by atoms with Crippen LogP contribution in [-0.2, 0) is 4.79 Å². The van der Waals surface area contributed by atoms with Gasteiger partial charge in [0.25, 0.3) is 0 Å². The molecule has 1 aromatic carbocycles. The molecule has 0 aromatic heterocycles. The van der Waals surface area contributed by atoms with Gasteiger partial charge in [-0.2, -0.15) is 0 Å². The monoisotopic (exact) mass is 310 g/mol. The molecule has 2 rings (SSSR count). The van der Waals surface area contributed by atoms with Gasteiger partial charge in [-0.05, 0) is 37.0 Å². The van der Waals surface area contributed by atoms with Gasteiger partial charge in [-0.15, -0.1) is 0 Å². The molecule has 0 spiro atoms.